The lowest BCUT2D eigenvalue weighted by Gasteiger charge is -2.15. The zero-order chi connectivity index (χ0) is 18.3. The van der Waals surface area contributed by atoms with E-state index in [4.69, 9.17) is 4.98 Å². The number of hydrogen-bond donors (Lipinski definition) is 0. The third-order valence-corrected chi connectivity index (χ3v) is 4.59. The van der Waals surface area contributed by atoms with Crippen LogP contribution in [0.2, 0.25) is 0 Å². The first-order valence-corrected chi connectivity index (χ1v) is 8.75. The van der Waals surface area contributed by atoms with Crippen LogP contribution in [-0.4, -0.2) is 14.5 Å². The van der Waals surface area contributed by atoms with Crippen LogP contribution in [0.3, 0.4) is 0 Å². The Morgan fingerprint density at radius 2 is 1.81 bits per heavy atom. The normalized spacial score (nSPS) is 11.4. The summed E-state index contributed by atoms with van der Waals surface area (Å²) >= 11 is 0. The van der Waals surface area contributed by atoms with Crippen LogP contribution in [0, 0.1) is 12.7 Å². The molecule has 0 saturated heterocycles. The van der Waals surface area contributed by atoms with Gasteiger partial charge in [0.25, 0.3) is 0 Å². The first-order chi connectivity index (χ1) is 12.6. The van der Waals surface area contributed by atoms with Crippen LogP contribution in [0.15, 0.2) is 60.8 Å². The first kappa shape index (κ1) is 16.5. The number of rotatable bonds is 3. The van der Waals surface area contributed by atoms with E-state index in [0.717, 1.165) is 33.7 Å². The largest absolute Gasteiger partial charge is 0.321 e. The number of nitrogens with zero attached hydrogens (tertiary/aromatic N) is 3. The Labute approximate surface area is 152 Å². The predicted octanol–water partition coefficient (Wildman–Crippen LogP) is 5.79. The lowest BCUT2D eigenvalue weighted by molar-refractivity contribution is 0.618. The van der Waals surface area contributed by atoms with E-state index in [2.05, 4.69) is 29.5 Å². The van der Waals surface area contributed by atoms with Gasteiger partial charge in [-0.05, 0) is 68.8 Å². The second-order valence-electron chi connectivity index (χ2n) is 6.75. The summed E-state index contributed by atoms with van der Waals surface area (Å²) in [4.78, 5) is 9.47. The van der Waals surface area contributed by atoms with Gasteiger partial charge in [-0.2, -0.15) is 0 Å². The number of aromatic nitrogens is 3. The highest BCUT2D eigenvalue weighted by Crippen LogP contribution is 2.34. The Balaban J connectivity index is 1.99. The minimum atomic E-state index is -0.208. The fraction of sp³-hybridized carbons (Fsp3) is 0.182. The fourth-order valence-electron chi connectivity index (χ4n) is 3.36. The van der Waals surface area contributed by atoms with Crippen molar-refractivity contribution in [2.24, 2.45) is 0 Å². The molecule has 2 aromatic heterocycles. The van der Waals surface area contributed by atoms with Crippen molar-refractivity contribution < 1.29 is 4.39 Å². The van der Waals surface area contributed by atoms with Gasteiger partial charge in [0.2, 0.25) is 0 Å². The molecule has 0 aliphatic heterocycles. The molecule has 130 valence electrons. The molecule has 0 atom stereocenters. The van der Waals surface area contributed by atoms with Crippen molar-refractivity contribution in [3.05, 3.63) is 72.2 Å². The van der Waals surface area contributed by atoms with Crippen LogP contribution in [0.1, 0.15) is 25.5 Å². The standard InChI is InChI=1S/C22H20FN3/c1-14(2)26-20-9-5-4-8-19(20)25-22(26)17-7-6-12-24-21(17)16-10-11-18(23)15(3)13-16/h4-14H,1-3H3. The number of para-hydroxylation sites is 2. The van der Waals surface area contributed by atoms with Gasteiger partial charge in [0.1, 0.15) is 11.6 Å². The van der Waals surface area contributed by atoms with Gasteiger partial charge in [-0.25, -0.2) is 9.37 Å². The van der Waals surface area contributed by atoms with E-state index in [1.54, 1.807) is 19.2 Å². The van der Waals surface area contributed by atoms with Crippen molar-refractivity contribution >= 4 is 11.0 Å². The van der Waals surface area contributed by atoms with Crippen molar-refractivity contribution in [2.75, 3.05) is 0 Å². The van der Waals surface area contributed by atoms with Crippen molar-refractivity contribution in [1.29, 1.82) is 0 Å². The number of imidazole rings is 1. The Morgan fingerprint density at radius 1 is 1.00 bits per heavy atom. The summed E-state index contributed by atoms with van der Waals surface area (Å²) in [5.41, 5.74) is 5.32. The van der Waals surface area contributed by atoms with Crippen molar-refractivity contribution in [3.8, 4) is 22.6 Å². The molecule has 3 nitrogen and oxygen atoms in total. The highest BCUT2D eigenvalue weighted by atomic mass is 19.1. The SMILES string of the molecule is Cc1cc(-c2ncccc2-c2nc3ccccc3n2C(C)C)ccc1F. The number of halogens is 1. The number of pyridine rings is 1. The van der Waals surface area contributed by atoms with Crippen molar-refractivity contribution in [1.82, 2.24) is 14.5 Å². The van der Waals surface area contributed by atoms with Gasteiger partial charge in [0.05, 0.1) is 16.7 Å². The smallest absolute Gasteiger partial charge is 0.143 e. The molecule has 0 radical (unpaired) electrons. The van der Waals surface area contributed by atoms with Crippen molar-refractivity contribution in [2.45, 2.75) is 26.8 Å². The fourth-order valence-corrected chi connectivity index (χ4v) is 3.36. The average molecular weight is 345 g/mol. The molecule has 0 aliphatic rings. The molecule has 0 unspecified atom stereocenters. The summed E-state index contributed by atoms with van der Waals surface area (Å²) in [6, 6.07) is 17.4. The molecule has 0 saturated carbocycles. The van der Waals surface area contributed by atoms with E-state index in [1.165, 1.54) is 6.07 Å². The average Bonchev–Trinajstić information content (AvgIpc) is 3.03. The summed E-state index contributed by atoms with van der Waals surface area (Å²) < 4.78 is 15.9. The maximum Gasteiger partial charge on any atom is 0.143 e. The molecule has 0 spiro atoms. The Kier molecular flexibility index (Phi) is 4.03. The maximum absolute atomic E-state index is 13.7. The summed E-state index contributed by atoms with van der Waals surface area (Å²) in [6.45, 7) is 6.07. The van der Waals surface area contributed by atoms with Gasteiger partial charge in [-0.3, -0.25) is 4.98 Å². The topological polar surface area (TPSA) is 30.7 Å². The molecule has 2 heterocycles. The Hall–Kier alpha value is -3.01. The number of hydrogen-bond acceptors (Lipinski definition) is 2. The van der Waals surface area contributed by atoms with Crippen LogP contribution in [0.25, 0.3) is 33.7 Å². The molecule has 26 heavy (non-hydrogen) atoms. The number of benzene rings is 2. The lowest BCUT2D eigenvalue weighted by atomic mass is 10.0. The van der Waals surface area contributed by atoms with Crippen LogP contribution >= 0.6 is 0 Å². The molecule has 0 aliphatic carbocycles. The zero-order valence-electron chi connectivity index (χ0n) is 15.1. The summed E-state index contributed by atoms with van der Waals surface area (Å²) in [5.74, 6) is 0.673. The van der Waals surface area contributed by atoms with Crippen LogP contribution in [0.5, 0.6) is 0 Å². The van der Waals surface area contributed by atoms with Crippen LogP contribution < -0.4 is 0 Å². The van der Waals surface area contributed by atoms with Gasteiger partial charge in [-0.15, -0.1) is 0 Å². The summed E-state index contributed by atoms with van der Waals surface area (Å²) in [6.07, 6.45) is 1.76. The minimum absolute atomic E-state index is 0.208. The number of aryl methyl sites for hydroxylation is 1. The van der Waals surface area contributed by atoms with E-state index < -0.39 is 0 Å². The minimum Gasteiger partial charge on any atom is -0.321 e. The third-order valence-electron chi connectivity index (χ3n) is 4.59. The Morgan fingerprint density at radius 3 is 2.58 bits per heavy atom. The second-order valence-corrected chi connectivity index (χ2v) is 6.75. The van der Waals surface area contributed by atoms with Crippen LogP contribution in [0.4, 0.5) is 4.39 Å². The van der Waals surface area contributed by atoms with Crippen molar-refractivity contribution in [3.63, 3.8) is 0 Å². The second kappa shape index (κ2) is 6.37. The summed E-state index contributed by atoms with van der Waals surface area (Å²) in [7, 11) is 0. The van der Waals surface area contributed by atoms with Crippen LogP contribution in [-0.2, 0) is 0 Å². The molecular formula is C22H20FN3. The van der Waals surface area contributed by atoms with E-state index in [0.29, 0.717) is 5.56 Å². The predicted molar refractivity (Wildman–Crippen MR) is 103 cm³/mol. The molecule has 0 bridgehead atoms. The van der Waals surface area contributed by atoms with Gasteiger partial charge in [0.15, 0.2) is 0 Å². The monoisotopic (exact) mass is 345 g/mol. The van der Waals surface area contributed by atoms with Gasteiger partial charge >= 0.3 is 0 Å². The van der Waals surface area contributed by atoms with E-state index >= 15 is 0 Å². The molecule has 2 aromatic carbocycles. The van der Waals surface area contributed by atoms with Gasteiger partial charge in [0, 0.05) is 23.4 Å². The van der Waals surface area contributed by atoms with E-state index in [1.807, 2.05) is 36.4 Å². The summed E-state index contributed by atoms with van der Waals surface area (Å²) in [5, 5.41) is 0. The lowest BCUT2D eigenvalue weighted by Crippen LogP contribution is -2.04. The molecule has 4 rings (SSSR count). The highest BCUT2D eigenvalue weighted by Gasteiger charge is 2.18. The van der Waals surface area contributed by atoms with Gasteiger partial charge in [-0.1, -0.05) is 12.1 Å². The quantitative estimate of drug-likeness (QED) is 0.470. The molecule has 0 amide bonds. The molecule has 0 N–H and O–H groups in total. The zero-order valence-corrected chi connectivity index (χ0v) is 15.1. The molecular weight excluding hydrogens is 325 g/mol. The first-order valence-electron chi connectivity index (χ1n) is 8.75. The van der Waals surface area contributed by atoms with E-state index in [9.17, 15) is 4.39 Å². The molecule has 4 aromatic rings. The molecule has 0 fully saturated rings. The van der Waals surface area contributed by atoms with Gasteiger partial charge < -0.3 is 4.57 Å². The Bertz CT molecular complexity index is 1100. The third kappa shape index (κ3) is 2.68. The highest BCUT2D eigenvalue weighted by molar-refractivity contribution is 5.85. The van der Waals surface area contributed by atoms with E-state index in [-0.39, 0.29) is 11.9 Å². The maximum atomic E-state index is 13.7. The molecule has 4 heteroatoms. The number of fused-ring (bicyclic) bond motifs is 1.